The van der Waals surface area contributed by atoms with Gasteiger partial charge in [-0.15, -0.1) is 0 Å². The maximum Gasteiger partial charge on any atom is 0.160 e. The summed E-state index contributed by atoms with van der Waals surface area (Å²) < 4.78 is 0. The molecule has 0 aliphatic heterocycles. The van der Waals surface area contributed by atoms with Crippen molar-refractivity contribution in [1.82, 2.24) is 0 Å². The van der Waals surface area contributed by atoms with Crippen LogP contribution < -0.4 is 0 Å². The van der Waals surface area contributed by atoms with Crippen molar-refractivity contribution in [3.8, 4) is 6.07 Å². The molecule has 14 heavy (non-hydrogen) atoms. The van der Waals surface area contributed by atoms with E-state index < -0.39 is 0 Å². The van der Waals surface area contributed by atoms with Crippen molar-refractivity contribution < 1.29 is 4.79 Å². The number of hydrogen-bond donors (Lipinski definition) is 0. The molecule has 0 saturated heterocycles. The van der Waals surface area contributed by atoms with Crippen LogP contribution in [0.2, 0.25) is 0 Å². The summed E-state index contributed by atoms with van der Waals surface area (Å²) in [7, 11) is 0. The molecule has 0 aliphatic rings. The van der Waals surface area contributed by atoms with Crippen molar-refractivity contribution in [2.45, 2.75) is 26.7 Å². The van der Waals surface area contributed by atoms with Crippen molar-refractivity contribution in [3.05, 3.63) is 34.9 Å². The third-order valence-electron chi connectivity index (χ3n) is 2.18. The zero-order valence-corrected chi connectivity index (χ0v) is 8.66. The molecule has 0 N–H and O–H groups in total. The SMILES string of the molecule is CC(=O)c1cc(C#N)ccc1C(C)C. The van der Waals surface area contributed by atoms with Crippen LogP contribution in [0.25, 0.3) is 0 Å². The fraction of sp³-hybridized carbons (Fsp3) is 0.333. The molecule has 72 valence electrons. The number of Topliss-reactive ketones (excluding diaryl/α,β-unsaturated/α-hetero) is 1. The minimum Gasteiger partial charge on any atom is -0.295 e. The Morgan fingerprint density at radius 2 is 2.07 bits per heavy atom. The molecule has 2 nitrogen and oxygen atoms in total. The number of ketones is 1. The minimum absolute atomic E-state index is 0.0193. The van der Waals surface area contributed by atoms with Crippen LogP contribution in [0, 0.1) is 11.3 Å². The summed E-state index contributed by atoms with van der Waals surface area (Å²) >= 11 is 0. The van der Waals surface area contributed by atoms with E-state index in [2.05, 4.69) is 0 Å². The number of benzene rings is 1. The van der Waals surface area contributed by atoms with E-state index in [1.165, 1.54) is 6.92 Å². The van der Waals surface area contributed by atoms with Gasteiger partial charge in [0.2, 0.25) is 0 Å². The van der Waals surface area contributed by atoms with Gasteiger partial charge in [-0.2, -0.15) is 5.26 Å². The predicted octanol–water partition coefficient (Wildman–Crippen LogP) is 2.88. The molecular weight excluding hydrogens is 174 g/mol. The zero-order chi connectivity index (χ0) is 10.7. The molecule has 0 heterocycles. The zero-order valence-electron chi connectivity index (χ0n) is 8.66. The number of carbonyl (C=O) groups is 1. The van der Waals surface area contributed by atoms with Gasteiger partial charge in [-0.05, 0) is 30.5 Å². The third-order valence-corrected chi connectivity index (χ3v) is 2.18. The van der Waals surface area contributed by atoms with Gasteiger partial charge in [0.1, 0.15) is 0 Å². The first-order valence-electron chi connectivity index (χ1n) is 4.61. The van der Waals surface area contributed by atoms with Crippen LogP contribution >= 0.6 is 0 Å². The summed E-state index contributed by atoms with van der Waals surface area (Å²) in [5.41, 5.74) is 2.22. The van der Waals surface area contributed by atoms with E-state index in [4.69, 9.17) is 5.26 Å². The van der Waals surface area contributed by atoms with Crippen LogP contribution in [0.3, 0.4) is 0 Å². The average Bonchev–Trinajstić information content (AvgIpc) is 2.16. The molecule has 0 radical (unpaired) electrons. The van der Waals surface area contributed by atoms with Gasteiger partial charge in [-0.3, -0.25) is 4.79 Å². The molecule has 0 amide bonds. The lowest BCUT2D eigenvalue weighted by atomic mass is 9.93. The predicted molar refractivity (Wildman–Crippen MR) is 55.3 cm³/mol. The summed E-state index contributed by atoms with van der Waals surface area (Å²) in [6.45, 7) is 5.60. The van der Waals surface area contributed by atoms with Crippen LogP contribution in [-0.2, 0) is 0 Å². The first-order valence-corrected chi connectivity index (χ1v) is 4.61. The topological polar surface area (TPSA) is 40.9 Å². The maximum absolute atomic E-state index is 11.3. The fourth-order valence-electron chi connectivity index (χ4n) is 1.43. The van der Waals surface area contributed by atoms with E-state index in [1.807, 2.05) is 26.0 Å². The highest BCUT2D eigenvalue weighted by Gasteiger charge is 2.10. The van der Waals surface area contributed by atoms with Crippen LogP contribution in [0.1, 0.15) is 48.2 Å². The fourth-order valence-corrected chi connectivity index (χ4v) is 1.43. The second-order valence-corrected chi connectivity index (χ2v) is 3.62. The van der Waals surface area contributed by atoms with Crippen LogP contribution in [-0.4, -0.2) is 5.78 Å². The molecule has 0 aromatic heterocycles. The van der Waals surface area contributed by atoms with Crippen molar-refractivity contribution in [2.24, 2.45) is 0 Å². The third kappa shape index (κ3) is 2.00. The maximum atomic E-state index is 11.3. The molecule has 1 aromatic rings. The second kappa shape index (κ2) is 4.06. The summed E-state index contributed by atoms with van der Waals surface area (Å²) in [6.07, 6.45) is 0. The van der Waals surface area contributed by atoms with E-state index in [-0.39, 0.29) is 5.78 Å². The summed E-state index contributed by atoms with van der Waals surface area (Å²) in [6, 6.07) is 7.31. The number of rotatable bonds is 2. The van der Waals surface area contributed by atoms with Gasteiger partial charge in [0, 0.05) is 5.56 Å². The smallest absolute Gasteiger partial charge is 0.160 e. The second-order valence-electron chi connectivity index (χ2n) is 3.62. The standard InChI is InChI=1S/C12H13NO/c1-8(2)11-5-4-10(7-13)6-12(11)9(3)14/h4-6,8H,1-3H3. The molecule has 0 atom stereocenters. The van der Waals surface area contributed by atoms with Crippen LogP contribution in [0.5, 0.6) is 0 Å². The van der Waals surface area contributed by atoms with Crippen LogP contribution in [0.15, 0.2) is 18.2 Å². The lowest BCUT2D eigenvalue weighted by molar-refractivity contribution is 0.101. The van der Waals surface area contributed by atoms with E-state index in [0.717, 1.165) is 5.56 Å². The molecule has 0 bridgehead atoms. The highest BCUT2D eigenvalue weighted by Crippen LogP contribution is 2.21. The highest BCUT2D eigenvalue weighted by molar-refractivity contribution is 5.96. The highest BCUT2D eigenvalue weighted by atomic mass is 16.1. The number of nitriles is 1. The summed E-state index contributed by atoms with van der Waals surface area (Å²) in [5, 5.41) is 8.71. The van der Waals surface area contributed by atoms with Gasteiger partial charge in [0.15, 0.2) is 5.78 Å². The molecule has 1 aromatic carbocycles. The van der Waals surface area contributed by atoms with Crippen molar-refractivity contribution >= 4 is 5.78 Å². The Morgan fingerprint density at radius 3 is 2.50 bits per heavy atom. The Morgan fingerprint density at radius 1 is 1.43 bits per heavy atom. The number of nitrogens with zero attached hydrogens (tertiary/aromatic N) is 1. The van der Waals surface area contributed by atoms with Gasteiger partial charge in [-0.1, -0.05) is 19.9 Å². The lowest BCUT2D eigenvalue weighted by Crippen LogP contribution is -2.01. The molecule has 0 saturated carbocycles. The number of carbonyl (C=O) groups excluding carboxylic acids is 1. The first-order chi connectivity index (χ1) is 6.56. The van der Waals surface area contributed by atoms with E-state index in [1.54, 1.807) is 12.1 Å². The van der Waals surface area contributed by atoms with Gasteiger partial charge in [0.05, 0.1) is 11.6 Å². The Balaban J connectivity index is 3.33. The number of hydrogen-bond acceptors (Lipinski definition) is 2. The van der Waals surface area contributed by atoms with E-state index in [9.17, 15) is 4.79 Å². The first kappa shape index (κ1) is 10.5. The van der Waals surface area contributed by atoms with Gasteiger partial charge in [0.25, 0.3) is 0 Å². The van der Waals surface area contributed by atoms with Crippen molar-refractivity contribution in [2.75, 3.05) is 0 Å². The van der Waals surface area contributed by atoms with Gasteiger partial charge in [-0.25, -0.2) is 0 Å². The molecule has 2 heteroatoms. The molecule has 0 unspecified atom stereocenters. The van der Waals surface area contributed by atoms with Crippen molar-refractivity contribution in [3.63, 3.8) is 0 Å². The Hall–Kier alpha value is -1.62. The molecule has 1 rings (SSSR count). The Kier molecular flexibility index (Phi) is 3.03. The molecular formula is C12H13NO. The van der Waals surface area contributed by atoms with E-state index in [0.29, 0.717) is 17.0 Å². The normalized spacial score (nSPS) is 9.93. The van der Waals surface area contributed by atoms with Crippen LogP contribution in [0.4, 0.5) is 0 Å². The molecule has 0 fully saturated rings. The monoisotopic (exact) mass is 187 g/mol. The average molecular weight is 187 g/mol. The summed E-state index contributed by atoms with van der Waals surface area (Å²) in [5.74, 6) is 0.326. The minimum atomic E-state index is 0.0193. The van der Waals surface area contributed by atoms with Gasteiger partial charge >= 0.3 is 0 Å². The largest absolute Gasteiger partial charge is 0.295 e. The Labute approximate surface area is 84.2 Å². The molecule has 0 aliphatic carbocycles. The quantitative estimate of drug-likeness (QED) is 0.668. The summed E-state index contributed by atoms with van der Waals surface area (Å²) in [4.78, 5) is 11.3. The van der Waals surface area contributed by atoms with Crippen molar-refractivity contribution in [1.29, 1.82) is 5.26 Å². The van der Waals surface area contributed by atoms with Gasteiger partial charge < -0.3 is 0 Å². The Bertz CT molecular complexity index is 399. The molecule has 0 spiro atoms. The lowest BCUT2D eigenvalue weighted by Gasteiger charge is -2.10. The van der Waals surface area contributed by atoms with E-state index >= 15 is 0 Å².